The topological polar surface area (TPSA) is 98.7 Å². The molecule has 0 fully saturated rings. The van der Waals surface area contributed by atoms with E-state index in [9.17, 15) is 36.2 Å². The second-order valence-corrected chi connectivity index (χ2v) is 10.2. The summed E-state index contributed by atoms with van der Waals surface area (Å²) in [6, 6.07) is 15.4. The standard InChI is InChI=1S/C25H26F4N2O4S/c1-36(34,35)31-23-13-17(7-10-24(23)33)11-19(32)15-30-22(12-16-5-3-2-4-6-16)18-8-9-21(26)20(14-18)25(27,28)29/h2-10,13-14,19,22,30-33H,11-12,15H2,1H3/t19-,22+/m0/s1. The lowest BCUT2D eigenvalue weighted by Crippen LogP contribution is -2.33. The Kier molecular flexibility index (Phi) is 8.59. The third-order valence-corrected chi connectivity index (χ3v) is 6.00. The number of nitrogens with one attached hydrogen (secondary N) is 2. The molecule has 36 heavy (non-hydrogen) atoms. The van der Waals surface area contributed by atoms with Gasteiger partial charge in [-0.2, -0.15) is 13.2 Å². The van der Waals surface area contributed by atoms with Crippen molar-refractivity contribution >= 4 is 15.7 Å². The van der Waals surface area contributed by atoms with Crippen LogP contribution in [0.3, 0.4) is 0 Å². The van der Waals surface area contributed by atoms with E-state index in [4.69, 9.17) is 0 Å². The number of alkyl halides is 3. The number of phenolic OH excluding ortho intramolecular Hbond substituents is 1. The molecule has 0 aromatic heterocycles. The summed E-state index contributed by atoms with van der Waals surface area (Å²) in [5.41, 5.74) is 0.161. The molecule has 0 aliphatic carbocycles. The molecule has 0 amide bonds. The maximum atomic E-state index is 13.8. The van der Waals surface area contributed by atoms with Gasteiger partial charge in [-0.1, -0.05) is 42.5 Å². The van der Waals surface area contributed by atoms with Gasteiger partial charge in [0.1, 0.15) is 11.6 Å². The van der Waals surface area contributed by atoms with Gasteiger partial charge in [-0.25, -0.2) is 12.8 Å². The van der Waals surface area contributed by atoms with Crippen LogP contribution in [0.4, 0.5) is 23.2 Å². The first-order chi connectivity index (χ1) is 16.8. The summed E-state index contributed by atoms with van der Waals surface area (Å²) in [7, 11) is -3.64. The van der Waals surface area contributed by atoms with Gasteiger partial charge in [-0.05, 0) is 53.8 Å². The van der Waals surface area contributed by atoms with Crippen molar-refractivity contribution in [1.29, 1.82) is 0 Å². The largest absolute Gasteiger partial charge is 0.506 e. The van der Waals surface area contributed by atoms with Gasteiger partial charge >= 0.3 is 6.18 Å². The van der Waals surface area contributed by atoms with Gasteiger partial charge in [0.05, 0.1) is 23.6 Å². The number of sulfonamides is 1. The highest BCUT2D eigenvalue weighted by Gasteiger charge is 2.34. The first-order valence-corrected chi connectivity index (χ1v) is 12.8. The maximum absolute atomic E-state index is 13.8. The zero-order chi connectivity index (χ0) is 26.5. The lowest BCUT2D eigenvalue weighted by molar-refractivity contribution is -0.140. The second-order valence-electron chi connectivity index (χ2n) is 8.47. The molecular weight excluding hydrogens is 500 g/mol. The Morgan fingerprint density at radius 1 is 0.944 bits per heavy atom. The molecule has 2 atom stereocenters. The van der Waals surface area contributed by atoms with Crippen LogP contribution in [0.2, 0.25) is 0 Å². The third kappa shape index (κ3) is 7.94. The lowest BCUT2D eigenvalue weighted by Gasteiger charge is -2.23. The van der Waals surface area contributed by atoms with E-state index >= 15 is 0 Å². The Morgan fingerprint density at radius 2 is 1.64 bits per heavy atom. The van der Waals surface area contributed by atoms with Gasteiger partial charge in [-0.3, -0.25) is 4.72 Å². The third-order valence-electron chi connectivity index (χ3n) is 5.41. The average Bonchev–Trinajstić information content (AvgIpc) is 2.78. The Bertz CT molecular complexity index is 1280. The molecule has 0 saturated carbocycles. The number of phenols is 1. The van der Waals surface area contributed by atoms with Gasteiger partial charge in [-0.15, -0.1) is 0 Å². The highest BCUT2D eigenvalue weighted by molar-refractivity contribution is 7.92. The highest BCUT2D eigenvalue weighted by atomic mass is 32.2. The van der Waals surface area contributed by atoms with Crippen LogP contribution >= 0.6 is 0 Å². The van der Waals surface area contributed by atoms with Gasteiger partial charge in [0.2, 0.25) is 10.0 Å². The molecule has 0 heterocycles. The molecule has 0 aliphatic rings. The summed E-state index contributed by atoms with van der Waals surface area (Å²) in [6.45, 7) is -0.0219. The van der Waals surface area contributed by atoms with Crippen LogP contribution < -0.4 is 10.0 Å². The molecule has 0 unspecified atom stereocenters. The predicted octanol–water partition coefficient (Wildman–Crippen LogP) is 4.40. The first-order valence-electron chi connectivity index (χ1n) is 10.9. The number of benzene rings is 3. The van der Waals surface area contributed by atoms with Crippen molar-refractivity contribution in [3.8, 4) is 5.75 Å². The second kappa shape index (κ2) is 11.3. The van der Waals surface area contributed by atoms with E-state index in [-0.39, 0.29) is 36.4 Å². The van der Waals surface area contributed by atoms with E-state index in [1.165, 1.54) is 24.3 Å². The number of anilines is 1. The zero-order valence-electron chi connectivity index (χ0n) is 19.3. The van der Waals surface area contributed by atoms with Crippen LogP contribution in [0.1, 0.15) is 28.3 Å². The van der Waals surface area contributed by atoms with Crippen LogP contribution in [0.15, 0.2) is 66.7 Å². The van der Waals surface area contributed by atoms with Gasteiger partial charge in [0.15, 0.2) is 0 Å². The fourth-order valence-electron chi connectivity index (χ4n) is 3.75. The van der Waals surface area contributed by atoms with E-state index in [1.54, 1.807) is 18.2 Å². The van der Waals surface area contributed by atoms with Gasteiger partial charge in [0.25, 0.3) is 0 Å². The molecule has 3 aromatic rings. The van der Waals surface area contributed by atoms with Crippen molar-refractivity contribution in [3.63, 3.8) is 0 Å². The Hall–Kier alpha value is -3.15. The molecule has 0 bridgehead atoms. The lowest BCUT2D eigenvalue weighted by atomic mass is 9.96. The molecule has 0 saturated heterocycles. The molecule has 194 valence electrons. The number of aromatic hydroxyl groups is 1. The fourth-order valence-corrected chi connectivity index (χ4v) is 4.31. The fraction of sp³-hybridized carbons (Fsp3) is 0.280. The molecule has 4 N–H and O–H groups in total. The summed E-state index contributed by atoms with van der Waals surface area (Å²) in [6.07, 6.45) is -4.56. The minimum Gasteiger partial charge on any atom is -0.506 e. The Labute approximate surface area is 206 Å². The van der Waals surface area contributed by atoms with Crippen molar-refractivity contribution in [2.24, 2.45) is 0 Å². The zero-order valence-corrected chi connectivity index (χ0v) is 20.1. The predicted molar refractivity (Wildman–Crippen MR) is 129 cm³/mol. The Balaban J connectivity index is 1.78. The highest BCUT2D eigenvalue weighted by Crippen LogP contribution is 2.33. The van der Waals surface area contributed by atoms with Crippen molar-refractivity contribution in [1.82, 2.24) is 5.32 Å². The van der Waals surface area contributed by atoms with Crippen LogP contribution in [0.25, 0.3) is 0 Å². The van der Waals surface area contributed by atoms with Crippen LogP contribution in [0.5, 0.6) is 5.75 Å². The minimum atomic E-state index is -4.85. The normalized spacial score (nSPS) is 13.8. The summed E-state index contributed by atoms with van der Waals surface area (Å²) < 4.78 is 78.8. The molecular formula is C25H26F4N2O4S. The molecule has 3 rings (SSSR count). The molecule has 0 aliphatic heterocycles. The van der Waals surface area contributed by atoms with E-state index in [1.807, 2.05) is 12.1 Å². The van der Waals surface area contributed by atoms with Crippen molar-refractivity contribution < 1.29 is 36.2 Å². The number of halogens is 4. The number of rotatable bonds is 10. The summed E-state index contributed by atoms with van der Waals surface area (Å²) in [5, 5.41) is 23.5. The van der Waals surface area contributed by atoms with E-state index in [0.717, 1.165) is 24.0 Å². The summed E-state index contributed by atoms with van der Waals surface area (Å²) >= 11 is 0. The SMILES string of the molecule is CS(=O)(=O)Nc1cc(C[C@H](O)CN[C@H](Cc2ccccc2)c2ccc(F)c(C(F)(F)F)c2)ccc1O. The summed E-state index contributed by atoms with van der Waals surface area (Å²) in [4.78, 5) is 0. The van der Waals surface area contributed by atoms with E-state index in [2.05, 4.69) is 10.0 Å². The van der Waals surface area contributed by atoms with Crippen LogP contribution in [0, 0.1) is 5.82 Å². The number of aliphatic hydroxyl groups excluding tert-OH is 1. The molecule has 3 aromatic carbocycles. The van der Waals surface area contributed by atoms with E-state index in [0.29, 0.717) is 5.56 Å². The minimum absolute atomic E-state index is 0.0219. The Morgan fingerprint density at radius 3 is 2.28 bits per heavy atom. The average molecular weight is 527 g/mol. The number of aliphatic hydroxyl groups is 1. The smallest absolute Gasteiger partial charge is 0.419 e. The monoisotopic (exact) mass is 526 g/mol. The molecule has 0 spiro atoms. The molecule has 6 nitrogen and oxygen atoms in total. The van der Waals surface area contributed by atoms with Gasteiger partial charge < -0.3 is 15.5 Å². The van der Waals surface area contributed by atoms with Crippen molar-refractivity contribution in [3.05, 3.63) is 94.8 Å². The molecule has 0 radical (unpaired) electrons. The van der Waals surface area contributed by atoms with Crippen LogP contribution in [-0.2, 0) is 29.0 Å². The van der Waals surface area contributed by atoms with Gasteiger partial charge in [0, 0.05) is 12.6 Å². The summed E-state index contributed by atoms with van der Waals surface area (Å²) in [5.74, 6) is -1.65. The first kappa shape index (κ1) is 27.4. The number of hydrogen-bond acceptors (Lipinski definition) is 5. The molecule has 11 heteroatoms. The number of hydrogen-bond donors (Lipinski definition) is 4. The van der Waals surface area contributed by atoms with Crippen molar-refractivity contribution in [2.75, 3.05) is 17.5 Å². The maximum Gasteiger partial charge on any atom is 0.419 e. The quantitative estimate of drug-likeness (QED) is 0.232. The van der Waals surface area contributed by atoms with Crippen LogP contribution in [-0.4, -0.2) is 37.5 Å². The van der Waals surface area contributed by atoms with Crippen molar-refractivity contribution in [2.45, 2.75) is 31.2 Å². The van der Waals surface area contributed by atoms with E-state index < -0.39 is 39.7 Å².